The van der Waals surface area contributed by atoms with Gasteiger partial charge in [-0.3, -0.25) is 0 Å². The number of nitrogens with two attached hydrogens (primary N) is 1. The molecule has 0 aliphatic carbocycles. The third-order valence-corrected chi connectivity index (χ3v) is 3.39. The summed E-state index contributed by atoms with van der Waals surface area (Å²) in [6, 6.07) is 12.1. The average molecular weight is 287 g/mol. The molecule has 3 heteroatoms. The molecule has 2 nitrogen and oxygen atoms in total. The normalized spacial score (nSPS) is 13.0. The maximum absolute atomic E-state index is 13.4. The van der Waals surface area contributed by atoms with Crippen molar-refractivity contribution in [2.24, 2.45) is 5.73 Å². The van der Waals surface area contributed by atoms with Gasteiger partial charge in [-0.15, -0.1) is 0 Å². The Hall–Kier alpha value is -1.87. The second kappa shape index (κ2) is 5.86. The number of rotatable bonds is 3. The second-order valence-corrected chi connectivity index (χ2v) is 6.35. The van der Waals surface area contributed by atoms with Gasteiger partial charge in [0.1, 0.15) is 17.3 Å². The summed E-state index contributed by atoms with van der Waals surface area (Å²) in [5.74, 6) is 1.02. The summed E-state index contributed by atoms with van der Waals surface area (Å²) in [5.41, 5.74) is 7.79. The Balaban J connectivity index is 2.35. The second-order valence-electron chi connectivity index (χ2n) is 6.35. The molecule has 0 fully saturated rings. The zero-order valence-corrected chi connectivity index (χ0v) is 13.0. The molecule has 0 saturated carbocycles. The van der Waals surface area contributed by atoms with Gasteiger partial charge < -0.3 is 10.5 Å². The topological polar surface area (TPSA) is 35.2 Å². The van der Waals surface area contributed by atoms with Gasteiger partial charge in [-0.05, 0) is 48.2 Å². The van der Waals surface area contributed by atoms with Crippen LogP contribution in [0.1, 0.15) is 44.9 Å². The first-order chi connectivity index (χ1) is 9.77. The molecule has 2 rings (SSSR count). The molecular formula is C18H22FNO. The molecule has 0 heterocycles. The fourth-order valence-corrected chi connectivity index (χ4v) is 2.12. The van der Waals surface area contributed by atoms with E-state index in [2.05, 4.69) is 26.8 Å². The van der Waals surface area contributed by atoms with Crippen LogP contribution in [-0.2, 0) is 5.41 Å². The van der Waals surface area contributed by atoms with Gasteiger partial charge in [-0.2, -0.15) is 0 Å². The number of hydrogen-bond donors (Lipinski definition) is 1. The van der Waals surface area contributed by atoms with Crippen molar-refractivity contribution in [2.45, 2.75) is 39.2 Å². The first-order valence-electron chi connectivity index (χ1n) is 7.11. The zero-order valence-electron chi connectivity index (χ0n) is 13.0. The van der Waals surface area contributed by atoms with E-state index in [1.165, 1.54) is 17.7 Å². The van der Waals surface area contributed by atoms with Crippen molar-refractivity contribution in [3.05, 3.63) is 59.4 Å². The van der Waals surface area contributed by atoms with E-state index in [-0.39, 0.29) is 17.3 Å². The lowest BCUT2D eigenvalue weighted by molar-refractivity contribution is 0.466. The van der Waals surface area contributed by atoms with E-state index in [1.807, 2.05) is 25.1 Å². The minimum Gasteiger partial charge on any atom is -0.457 e. The van der Waals surface area contributed by atoms with Crippen molar-refractivity contribution in [1.29, 1.82) is 0 Å². The Bertz CT molecular complexity index is 629. The van der Waals surface area contributed by atoms with Gasteiger partial charge in [0.15, 0.2) is 0 Å². The Morgan fingerprint density at radius 2 is 1.81 bits per heavy atom. The molecule has 0 aliphatic heterocycles. The van der Waals surface area contributed by atoms with E-state index >= 15 is 0 Å². The summed E-state index contributed by atoms with van der Waals surface area (Å²) in [6.45, 7) is 8.26. The highest BCUT2D eigenvalue weighted by atomic mass is 19.1. The largest absolute Gasteiger partial charge is 0.457 e. The van der Waals surface area contributed by atoms with Crippen molar-refractivity contribution < 1.29 is 9.13 Å². The monoisotopic (exact) mass is 287 g/mol. The molecule has 0 radical (unpaired) electrons. The van der Waals surface area contributed by atoms with Crippen LogP contribution in [0.25, 0.3) is 0 Å². The summed E-state index contributed by atoms with van der Waals surface area (Å²) < 4.78 is 19.3. The van der Waals surface area contributed by atoms with Gasteiger partial charge in [0.25, 0.3) is 0 Å². The lowest BCUT2D eigenvalue weighted by Crippen LogP contribution is -2.11. The minimum absolute atomic E-state index is 0.0478. The molecule has 1 atom stereocenters. The summed E-state index contributed by atoms with van der Waals surface area (Å²) in [6.07, 6.45) is 0. The Labute approximate surface area is 125 Å². The maximum atomic E-state index is 13.4. The van der Waals surface area contributed by atoms with Crippen LogP contribution in [0.3, 0.4) is 0 Å². The maximum Gasteiger partial charge on any atom is 0.132 e. The van der Waals surface area contributed by atoms with E-state index in [0.717, 1.165) is 5.75 Å². The molecular weight excluding hydrogens is 265 g/mol. The SMILES string of the molecule is C[C@H](N)c1cc(F)ccc1Oc1cccc(C(C)(C)C)c1. The summed E-state index contributed by atoms with van der Waals surface area (Å²) >= 11 is 0. The third-order valence-electron chi connectivity index (χ3n) is 3.39. The lowest BCUT2D eigenvalue weighted by atomic mass is 9.87. The van der Waals surface area contributed by atoms with E-state index in [4.69, 9.17) is 10.5 Å². The summed E-state index contributed by atoms with van der Waals surface area (Å²) in [4.78, 5) is 0. The molecule has 2 N–H and O–H groups in total. The highest BCUT2D eigenvalue weighted by molar-refractivity contribution is 5.41. The van der Waals surface area contributed by atoms with E-state index in [1.54, 1.807) is 6.07 Å². The fourth-order valence-electron chi connectivity index (χ4n) is 2.12. The number of hydrogen-bond acceptors (Lipinski definition) is 2. The van der Waals surface area contributed by atoms with E-state index in [9.17, 15) is 4.39 Å². The standard InChI is InChI=1S/C18H22FNO/c1-12(20)16-11-14(19)8-9-17(16)21-15-7-5-6-13(10-15)18(2,3)4/h5-12H,20H2,1-4H3/t12-/m0/s1. The van der Waals surface area contributed by atoms with Crippen LogP contribution in [0.2, 0.25) is 0 Å². The molecule has 0 unspecified atom stereocenters. The van der Waals surface area contributed by atoms with Crippen molar-refractivity contribution in [2.75, 3.05) is 0 Å². The van der Waals surface area contributed by atoms with Crippen LogP contribution in [0.15, 0.2) is 42.5 Å². The first kappa shape index (κ1) is 15.5. The molecule has 2 aromatic rings. The van der Waals surface area contributed by atoms with Crippen molar-refractivity contribution >= 4 is 0 Å². The quantitative estimate of drug-likeness (QED) is 0.868. The molecule has 0 saturated heterocycles. The van der Waals surface area contributed by atoms with Gasteiger partial charge >= 0.3 is 0 Å². The summed E-state index contributed by atoms with van der Waals surface area (Å²) in [7, 11) is 0. The first-order valence-corrected chi connectivity index (χ1v) is 7.11. The van der Waals surface area contributed by atoms with Crippen LogP contribution < -0.4 is 10.5 Å². The molecule has 0 amide bonds. The van der Waals surface area contributed by atoms with Crippen LogP contribution in [-0.4, -0.2) is 0 Å². The average Bonchev–Trinajstić information content (AvgIpc) is 2.40. The third kappa shape index (κ3) is 3.82. The number of benzene rings is 2. The predicted molar refractivity (Wildman–Crippen MR) is 84.2 cm³/mol. The Kier molecular flexibility index (Phi) is 4.33. The van der Waals surface area contributed by atoms with E-state index < -0.39 is 0 Å². The molecule has 0 aromatic heterocycles. The predicted octanol–water partition coefficient (Wildman–Crippen LogP) is 4.94. The van der Waals surface area contributed by atoms with Crippen LogP contribution >= 0.6 is 0 Å². The molecule has 2 aromatic carbocycles. The Morgan fingerprint density at radius 3 is 2.43 bits per heavy atom. The van der Waals surface area contributed by atoms with Crippen LogP contribution in [0.5, 0.6) is 11.5 Å². The van der Waals surface area contributed by atoms with Crippen molar-refractivity contribution in [3.63, 3.8) is 0 Å². The molecule has 0 spiro atoms. The minimum atomic E-state index is -0.307. The van der Waals surface area contributed by atoms with Crippen molar-refractivity contribution in [3.8, 4) is 11.5 Å². The highest BCUT2D eigenvalue weighted by Gasteiger charge is 2.15. The molecule has 0 bridgehead atoms. The number of halogens is 1. The summed E-state index contributed by atoms with van der Waals surface area (Å²) in [5, 5.41) is 0. The molecule has 0 aliphatic rings. The molecule has 112 valence electrons. The number of ether oxygens (including phenoxy) is 1. The van der Waals surface area contributed by atoms with Crippen molar-refractivity contribution in [1.82, 2.24) is 0 Å². The zero-order chi connectivity index (χ0) is 15.6. The smallest absolute Gasteiger partial charge is 0.132 e. The van der Waals surface area contributed by atoms with Gasteiger partial charge in [0, 0.05) is 11.6 Å². The Morgan fingerprint density at radius 1 is 1.10 bits per heavy atom. The van der Waals surface area contributed by atoms with Gasteiger partial charge in [-0.25, -0.2) is 4.39 Å². The van der Waals surface area contributed by atoms with Crippen LogP contribution in [0, 0.1) is 5.82 Å². The highest BCUT2D eigenvalue weighted by Crippen LogP contribution is 2.32. The van der Waals surface area contributed by atoms with Gasteiger partial charge in [0.2, 0.25) is 0 Å². The van der Waals surface area contributed by atoms with Gasteiger partial charge in [-0.1, -0.05) is 32.9 Å². The van der Waals surface area contributed by atoms with Gasteiger partial charge in [0.05, 0.1) is 0 Å². The fraction of sp³-hybridized carbons (Fsp3) is 0.333. The van der Waals surface area contributed by atoms with Crippen LogP contribution in [0.4, 0.5) is 4.39 Å². The lowest BCUT2D eigenvalue weighted by Gasteiger charge is -2.20. The molecule has 21 heavy (non-hydrogen) atoms. The van der Waals surface area contributed by atoms with E-state index in [0.29, 0.717) is 11.3 Å².